The average molecular weight is 262 g/mol. The van der Waals surface area contributed by atoms with E-state index < -0.39 is 5.97 Å². The number of hydrogen-bond acceptors (Lipinski definition) is 3. The van der Waals surface area contributed by atoms with Crippen molar-refractivity contribution < 1.29 is 19.4 Å². The Morgan fingerprint density at radius 1 is 1.32 bits per heavy atom. The van der Waals surface area contributed by atoms with Crippen LogP contribution in [0.1, 0.15) is 49.0 Å². The van der Waals surface area contributed by atoms with Gasteiger partial charge in [-0.2, -0.15) is 0 Å². The van der Waals surface area contributed by atoms with E-state index in [1.165, 1.54) is 0 Å². The Balaban J connectivity index is 2.25. The van der Waals surface area contributed by atoms with Gasteiger partial charge in [-0.3, -0.25) is 9.59 Å². The molecule has 0 saturated heterocycles. The van der Waals surface area contributed by atoms with Gasteiger partial charge in [-0.05, 0) is 30.0 Å². The second-order valence-corrected chi connectivity index (χ2v) is 5.51. The normalized spacial score (nSPS) is 16.3. The Labute approximate surface area is 112 Å². The predicted octanol–water partition coefficient (Wildman–Crippen LogP) is 2.79. The molecule has 0 saturated carbocycles. The number of carboxylic acid groups (broad SMARTS) is 1. The number of benzene rings is 1. The lowest BCUT2D eigenvalue weighted by Crippen LogP contribution is -2.27. The molecule has 4 nitrogen and oxygen atoms in total. The molecule has 0 radical (unpaired) electrons. The highest BCUT2D eigenvalue weighted by atomic mass is 16.5. The van der Waals surface area contributed by atoms with Gasteiger partial charge < -0.3 is 9.84 Å². The van der Waals surface area contributed by atoms with E-state index in [2.05, 4.69) is 13.8 Å². The summed E-state index contributed by atoms with van der Waals surface area (Å²) in [7, 11) is 0. The van der Waals surface area contributed by atoms with Crippen molar-refractivity contribution in [2.75, 3.05) is 6.61 Å². The zero-order valence-corrected chi connectivity index (χ0v) is 11.2. The van der Waals surface area contributed by atoms with E-state index in [4.69, 9.17) is 9.84 Å². The van der Waals surface area contributed by atoms with Crippen LogP contribution < -0.4 is 4.74 Å². The molecule has 0 aromatic heterocycles. The molecule has 1 aliphatic rings. The summed E-state index contributed by atoms with van der Waals surface area (Å²) in [6.45, 7) is 4.94. The molecule has 0 spiro atoms. The summed E-state index contributed by atoms with van der Waals surface area (Å²) in [5, 5.41) is 8.61. The summed E-state index contributed by atoms with van der Waals surface area (Å²) in [6.07, 6.45) is 0.817. The minimum atomic E-state index is -0.949. The van der Waals surface area contributed by atoms with Crippen molar-refractivity contribution >= 4 is 11.8 Å². The number of carbonyl (C=O) groups excluding carboxylic acids is 1. The SMILES string of the molecule is CC1(C)CCOc2ccc(C(=O)CCC(=O)O)cc21. The fourth-order valence-electron chi connectivity index (χ4n) is 2.27. The van der Waals surface area contributed by atoms with Crippen LogP contribution in [-0.2, 0) is 10.2 Å². The fourth-order valence-corrected chi connectivity index (χ4v) is 2.27. The number of aliphatic carboxylic acids is 1. The molecule has 0 bridgehead atoms. The molecule has 4 heteroatoms. The Morgan fingerprint density at radius 3 is 2.74 bits per heavy atom. The minimum absolute atomic E-state index is 0.0172. The number of rotatable bonds is 4. The summed E-state index contributed by atoms with van der Waals surface area (Å²) in [5.74, 6) is -0.257. The van der Waals surface area contributed by atoms with E-state index in [0.29, 0.717) is 12.2 Å². The van der Waals surface area contributed by atoms with Crippen molar-refractivity contribution in [3.63, 3.8) is 0 Å². The topological polar surface area (TPSA) is 63.6 Å². The van der Waals surface area contributed by atoms with Crippen molar-refractivity contribution in [2.45, 2.75) is 38.5 Å². The third kappa shape index (κ3) is 2.95. The summed E-state index contributed by atoms with van der Waals surface area (Å²) in [5.41, 5.74) is 1.58. The van der Waals surface area contributed by atoms with E-state index in [9.17, 15) is 9.59 Å². The first-order valence-corrected chi connectivity index (χ1v) is 6.42. The largest absolute Gasteiger partial charge is 0.493 e. The van der Waals surface area contributed by atoms with Crippen LogP contribution in [-0.4, -0.2) is 23.5 Å². The van der Waals surface area contributed by atoms with Crippen LogP contribution in [0.3, 0.4) is 0 Å². The molecule has 1 N–H and O–H groups in total. The first-order chi connectivity index (χ1) is 8.90. The maximum atomic E-state index is 11.9. The van der Waals surface area contributed by atoms with Gasteiger partial charge in [0.1, 0.15) is 5.75 Å². The summed E-state index contributed by atoms with van der Waals surface area (Å²) in [4.78, 5) is 22.4. The smallest absolute Gasteiger partial charge is 0.303 e. The Hall–Kier alpha value is -1.84. The van der Waals surface area contributed by atoms with Crippen molar-refractivity contribution in [3.05, 3.63) is 29.3 Å². The zero-order chi connectivity index (χ0) is 14.0. The Morgan fingerprint density at radius 2 is 2.05 bits per heavy atom. The molecule has 1 aromatic carbocycles. The van der Waals surface area contributed by atoms with Crippen LogP contribution in [0, 0.1) is 0 Å². The van der Waals surface area contributed by atoms with Crippen LogP contribution in [0.15, 0.2) is 18.2 Å². The predicted molar refractivity (Wildman–Crippen MR) is 70.8 cm³/mol. The number of ketones is 1. The molecular formula is C15H18O4. The summed E-state index contributed by atoms with van der Waals surface area (Å²) < 4.78 is 5.59. The van der Waals surface area contributed by atoms with Gasteiger partial charge in [-0.15, -0.1) is 0 Å². The summed E-state index contributed by atoms with van der Waals surface area (Å²) >= 11 is 0. The number of hydrogen-bond donors (Lipinski definition) is 1. The number of carboxylic acids is 1. The highest BCUT2D eigenvalue weighted by Crippen LogP contribution is 2.38. The highest BCUT2D eigenvalue weighted by Gasteiger charge is 2.29. The second kappa shape index (κ2) is 5.03. The maximum absolute atomic E-state index is 11.9. The first-order valence-electron chi connectivity index (χ1n) is 6.42. The fraction of sp³-hybridized carbons (Fsp3) is 0.467. The van der Waals surface area contributed by atoms with Crippen molar-refractivity contribution in [1.82, 2.24) is 0 Å². The zero-order valence-electron chi connectivity index (χ0n) is 11.2. The van der Waals surface area contributed by atoms with Gasteiger partial charge in [0.25, 0.3) is 0 Å². The van der Waals surface area contributed by atoms with Gasteiger partial charge in [0.2, 0.25) is 0 Å². The molecule has 1 aromatic rings. The van der Waals surface area contributed by atoms with E-state index in [1.54, 1.807) is 6.07 Å². The number of Topliss-reactive ketones (excluding diaryl/α,β-unsaturated/α-hetero) is 1. The molecular weight excluding hydrogens is 244 g/mol. The Bertz CT molecular complexity index is 517. The lowest BCUT2D eigenvalue weighted by atomic mass is 9.79. The maximum Gasteiger partial charge on any atom is 0.303 e. The standard InChI is InChI=1S/C15H18O4/c1-15(2)7-8-19-13-5-3-10(9-11(13)15)12(16)4-6-14(17)18/h3,5,9H,4,6-8H2,1-2H3,(H,17,18). The monoisotopic (exact) mass is 262 g/mol. The van der Waals surface area contributed by atoms with Crippen molar-refractivity contribution in [1.29, 1.82) is 0 Å². The lowest BCUT2D eigenvalue weighted by molar-refractivity contribution is -0.136. The van der Waals surface area contributed by atoms with Crippen molar-refractivity contribution in [2.24, 2.45) is 0 Å². The van der Waals surface area contributed by atoms with Gasteiger partial charge in [0, 0.05) is 17.5 Å². The van der Waals surface area contributed by atoms with Gasteiger partial charge in [-0.25, -0.2) is 0 Å². The molecule has 102 valence electrons. The van der Waals surface area contributed by atoms with Crippen LogP contribution in [0.4, 0.5) is 0 Å². The van der Waals surface area contributed by atoms with Gasteiger partial charge >= 0.3 is 5.97 Å². The van der Waals surface area contributed by atoms with E-state index in [-0.39, 0.29) is 24.0 Å². The molecule has 19 heavy (non-hydrogen) atoms. The molecule has 0 aliphatic carbocycles. The van der Waals surface area contributed by atoms with Crippen molar-refractivity contribution in [3.8, 4) is 5.75 Å². The van der Waals surface area contributed by atoms with Gasteiger partial charge in [-0.1, -0.05) is 13.8 Å². The third-order valence-electron chi connectivity index (χ3n) is 3.58. The molecule has 0 unspecified atom stereocenters. The third-order valence-corrected chi connectivity index (χ3v) is 3.58. The van der Waals surface area contributed by atoms with E-state index >= 15 is 0 Å². The summed E-state index contributed by atoms with van der Waals surface area (Å²) in [6, 6.07) is 5.37. The van der Waals surface area contributed by atoms with Crippen LogP contribution in [0.25, 0.3) is 0 Å². The molecule has 0 atom stereocenters. The lowest BCUT2D eigenvalue weighted by Gasteiger charge is -2.32. The minimum Gasteiger partial charge on any atom is -0.493 e. The number of carbonyl (C=O) groups is 2. The van der Waals surface area contributed by atoms with Crippen LogP contribution >= 0.6 is 0 Å². The second-order valence-electron chi connectivity index (χ2n) is 5.51. The van der Waals surface area contributed by atoms with Crippen LogP contribution in [0.2, 0.25) is 0 Å². The highest BCUT2D eigenvalue weighted by molar-refractivity contribution is 5.97. The van der Waals surface area contributed by atoms with E-state index in [0.717, 1.165) is 17.7 Å². The van der Waals surface area contributed by atoms with Crippen LogP contribution in [0.5, 0.6) is 5.75 Å². The number of fused-ring (bicyclic) bond motifs is 1. The van der Waals surface area contributed by atoms with E-state index in [1.807, 2.05) is 12.1 Å². The molecule has 0 amide bonds. The molecule has 2 rings (SSSR count). The van der Waals surface area contributed by atoms with Gasteiger partial charge in [0.05, 0.1) is 13.0 Å². The molecule has 1 heterocycles. The Kier molecular flexibility index (Phi) is 3.60. The first kappa shape index (κ1) is 13.6. The molecule has 1 aliphatic heterocycles. The van der Waals surface area contributed by atoms with Gasteiger partial charge in [0.15, 0.2) is 5.78 Å². The average Bonchev–Trinajstić information content (AvgIpc) is 2.35. The quantitative estimate of drug-likeness (QED) is 0.847. The molecule has 0 fully saturated rings. The number of ether oxygens (including phenoxy) is 1.